The molecule has 316 valence electrons. The third kappa shape index (κ3) is 18.1. The number of aliphatic hydroxyl groups excluding tert-OH is 2. The third-order valence-electron chi connectivity index (χ3n) is 14.2. The Kier molecular flexibility index (Phi) is 24.1. The molecule has 0 bridgehead atoms. The molecule has 0 radical (unpaired) electrons. The number of carboxylic acid groups (broad SMARTS) is 1. The summed E-state index contributed by atoms with van der Waals surface area (Å²) in [6.45, 7) is 15.9. The van der Waals surface area contributed by atoms with Crippen LogP contribution in [0.1, 0.15) is 168 Å². The lowest BCUT2D eigenvalue weighted by molar-refractivity contribution is -0.139. The van der Waals surface area contributed by atoms with Crippen molar-refractivity contribution in [3.05, 3.63) is 38.0 Å². The minimum atomic E-state index is -0.981. The van der Waals surface area contributed by atoms with Gasteiger partial charge in [0.1, 0.15) is 0 Å². The number of esters is 2. The fraction of sp³-hybridized carbons (Fsp3) is 0.809. The van der Waals surface area contributed by atoms with Crippen LogP contribution in [0.2, 0.25) is 0 Å². The van der Waals surface area contributed by atoms with Crippen LogP contribution in [0.15, 0.2) is 38.0 Å². The lowest BCUT2D eigenvalue weighted by Gasteiger charge is -2.44. The van der Waals surface area contributed by atoms with Gasteiger partial charge in [0, 0.05) is 31.4 Å². The molecule has 0 amide bonds. The lowest BCUT2D eigenvalue weighted by Crippen LogP contribution is -2.34. The first-order valence-corrected chi connectivity index (χ1v) is 22.2. The van der Waals surface area contributed by atoms with Crippen molar-refractivity contribution in [1.82, 2.24) is 0 Å². The smallest absolute Gasteiger partial charge is 0.330 e. The Bertz CT molecular complexity index is 1060. The van der Waals surface area contributed by atoms with Gasteiger partial charge < -0.3 is 24.8 Å². The topological polar surface area (TPSA) is 130 Å². The maximum Gasteiger partial charge on any atom is 0.330 e. The number of aliphatic carboxylic acids is 1. The van der Waals surface area contributed by atoms with E-state index in [2.05, 4.69) is 33.6 Å². The Balaban J connectivity index is 0.000000351. The molecule has 4 aliphatic carbocycles. The molecule has 8 heteroatoms. The SMILES string of the molecule is C=CC(=O)O.C=CC(=O)OCCC1(CCOC(=O)C=C)CCC(C2CCC(CCC)CC2)CC1.CCCC1CCC(C2CCC(CCO)(CCO)CC2)CC1. The zero-order chi connectivity index (χ0) is 40.5. The summed E-state index contributed by atoms with van der Waals surface area (Å²) in [7, 11) is 0. The number of carboxylic acids is 1. The van der Waals surface area contributed by atoms with Crippen molar-refractivity contribution in [3.8, 4) is 0 Å². The summed E-state index contributed by atoms with van der Waals surface area (Å²) in [6.07, 6.45) is 33.5. The summed E-state index contributed by atoms with van der Waals surface area (Å²) in [6, 6.07) is 0. The molecule has 0 aliphatic heterocycles. The van der Waals surface area contributed by atoms with Crippen molar-refractivity contribution in [3.63, 3.8) is 0 Å². The molecule has 0 aromatic heterocycles. The van der Waals surface area contributed by atoms with Gasteiger partial charge in [-0.1, -0.05) is 85.0 Å². The molecule has 0 saturated heterocycles. The Morgan fingerprint density at radius 3 is 1.13 bits per heavy atom. The molecule has 3 N–H and O–H groups in total. The molecule has 4 rings (SSSR count). The first-order chi connectivity index (χ1) is 26.5. The second-order valence-corrected chi connectivity index (χ2v) is 17.5. The lowest BCUT2D eigenvalue weighted by atomic mass is 9.62. The molecule has 4 saturated carbocycles. The zero-order valence-electron chi connectivity index (χ0n) is 35.0. The zero-order valence-corrected chi connectivity index (χ0v) is 35.0. The number of carbonyl (C=O) groups excluding carboxylic acids is 2. The third-order valence-corrected chi connectivity index (χ3v) is 14.2. The summed E-state index contributed by atoms with van der Waals surface area (Å²) in [4.78, 5) is 32.1. The highest BCUT2D eigenvalue weighted by molar-refractivity contribution is 5.81. The largest absolute Gasteiger partial charge is 0.478 e. The first kappa shape index (κ1) is 48.7. The van der Waals surface area contributed by atoms with Crippen LogP contribution in [-0.2, 0) is 23.9 Å². The standard InChI is InChI=1S/C25H40O4.C19H36O2.C3H4O2/c1-4-7-20-8-10-21(11-9-20)22-12-14-25(15-13-22,16-18-28-23(26)5-2)17-19-29-24(27)6-3;1-2-3-16-4-6-17(7-5-16)18-8-10-19(11-9-18,12-14-20)13-15-21;1-2-3(4)5/h5-6,20-22H,2-4,7-19H2,1H3;16-18,20-21H,2-15H2,1H3;2H,1H2,(H,4,5). The van der Waals surface area contributed by atoms with Gasteiger partial charge in [-0.15, -0.1) is 0 Å². The van der Waals surface area contributed by atoms with Gasteiger partial charge in [0.25, 0.3) is 0 Å². The first-order valence-electron chi connectivity index (χ1n) is 22.2. The van der Waals surface area contributed by atoms with E-state index in [-0.39, 0.29) is 36.0 Å². The number of carbonyl (C=O) groups is 3. The van der Waals surface area contributed by atoms with E-state index in [1.165, 1.54) is 128 Å². The molecule has 0 spiro atoms. The van der Waals surface area contributed by atoms with Gasteiger partial charge in [-0.05, 0) is 149 Å². The summed E-state index contributed by atoms with van der Waals surface area (Å²) < 4.78 is 10.5. The van der Waals surface area contributed by atoms with Gasteiger partial charge in [-0.25, -0.2) is 14.4 Å². The fourth-order valence-corrected chi connectivity index (χ4v) is 10.7. The molecule has 0 aromatic carbocycles. The van der Waals surface area contributed by atoms with Gasteiger partial charge >= 0.3 is 17.9 Å². The minimum absolute atomic E-state index is 0.0960. The highest BCUT2D eigenvalue weighted by Gasteiger charge is 2.39. The van der Waals surface area contributed by atoms with Crippen molar-refractivity contribution in [1.29, 1.82) is 0 Å². The van der Waals surface area contributed by atoms with Crippen LogP contribution in [0.4, 0.5) is 0 Å². The molecule has 0 heterocycles. The molecule has 4 aliphatic rings. The minimum Gasteiger partial charge on any atom is -0.478 e. The monoisotopic (exact) mass is 773 g/mol. The second-order valence-electron chi connectivity index (χ2n) is 17.5. The Morgan fingerprint density at radius 1 is 0.545 bits per heavy atom. The maximum atomic E-state index is 11.4. The summed E-state index contributed by atoms with van der Waals surface area (Å²) in [5, 5.41) is 26.3. The van der Waals surface area contributed by atoms with E-state index in [1.807, 2.05) is 0 Å². The summed E-state index contributed by atoms with van der Waals surface area (Å²) in [5.41, 5.74) is 0.345. The Hall–Kier alpha value is -2.45. The number of rotatable bonds is 19. The predicted octanol–water partition coefficient (Wildman–Crippen LogP) is 10.8. The van der Waals surface area contributed by atoms with Crippen molar-refractivity contribution < 1.29 is 39.2 Å². The highest BCUT2D eigenvalue weighted by atomic mass is 16.5. The van der Waals surface area contributed by atoms with Gasteiger partial charge in [-0.3, -0.25) is 0 Å². The van der Waals surface area contributed by atoms with E-state index in [0.29, 0.717) is 13.2 Å². The number of hydrogen-bond donors (Lipinski definition) is 3. The Labute approximate surface area is 335 Å². The van der Waals surface area contributed by atoms with Crippen LogP contribution in [0.25, 0.3) is 0 Å². The van der Waals surface area contributed by atoms with E-state index in [4.69, 9.17) is 14.6 Å². The van der Waals surface area contributed by atoms with E-state index < -0.39 is 5.97 Å². The van der Waals surface area contributed by atoms with E-state index in [0.717, 1.165) is 80.1 Å². The second kappa shape index (κ2) is 27.2. The van der Waals surface area contributed by atoms with E-state index in [9.17, 15) is 24.6 Å². The van der Waals surface area contributed by atoms with Crippen molar-refractivity contribution in [2.75, 3.05) is 26.4 Å². The molecular weight excluding hydrogens is 693 g/mol. The maximum absolute atomic E-state index is 11.4. The van der Waals surface area contributed by atoms with Gasteiger partial charge in [0.05, 0.1) is 13.2 Å². The molecule has 55 heavy (non-hydrogen) atoms. The molecular formula is C47H80O8. The van der Waals surface area contributed by atoms with Crippen LogP contribution in [0.3, 0.4) is 0 Å². The van der Waals surface area contributed by atoms with Crippen LogP contribution in [0.5, 0.6) is 0 Å². The van der Waals surface area contributed by atoms with Crippen molar-refractivity contribution >= 4 is 17.9 Å². The molecule has 0 unspecified atom stereocenters. The van der Waals surface area contributed by atoms with Crippen molar-refractivity contribution in [2.24, 2.45) is 46.3 Å². The quantitative estimate of drug-likeness (QED) is 0.0874. The van der Waals surface area contributed by atoms with Gasteiger partial charge in [0.2, 0.25) is 0 Å². The summed E-state index contributed by atoms with van der Waals surface area (Å²) in [5.74, 6) is 3.88. The van der Waals surface area contributed by atoms with Crippen LogP contribution in [0, 0.1) is 46.3 Å². The van der Waals surface area contributed by atoms with E-state index >= 15 is 0 Å². The molecule has 0 atom stereocenters. The van der Waals surface area contributed by atoms with Crippen molar-refractivity contribution in [2.45, 2.75) is 168 Å². The molecule has 0 aromatic rings. The predicted molar refractivity (Wildman–Crippen MR) is 222 cm³/mol. The van der Waals surface area contributed by atoms with Crippen LogP contribution < -0.4 is 0 Å². The average molecular weight is 773 g/mol. The van der Waals surface area contributed by atoms with Gasteiger partial charge in [-0.2, -0.15) is 0 Å². The molecule has 4 fully saturated rings. The van der Waals surface area contributed by atoms with E-state index in [1.54, 1.807) is 0 Å². The molecule has 8 nitrogen and oxygen atoms in total. The van der Waals surface area contributed by atoms with Crippen LogP contribution in [-0.4, -0.2) is 59.7 Å². The number of hydrogen-bond acceptors (Lipinski definition) is 7. The fourth-order valence-electron chi connectivity index (χ4n) is 10.7. The Morgan fingerprint density at radius 2 is 0.855 bits per heavy atom. The normalized spacial score (nSPS) is 25.1. The number of ether oxygens (including phenoxy) is 2. The summed E-state index contributed by atoms with van der Waals surface area (Å²) >= 11 is 0. The van der Waals surface area contributed by atoms with Crippen LogP contribution >= 0.6 is 0 Å². The highest BCUT2D eigenvalue weighted by Crippen LogP contribution is 2.50. The number of aliphatic hydroxyl groups is 2. The average Bonchev–Trinajstić information content (AvgIpc) is 3.20. The van der Waals surface area contributed by atoms with Gasteiger partial charge in [0.15, 0.2) is 0 Å².